The molecule has 204 valence electrons. The second kappa shape index (κ2) is 10.2. The van der Waals surface area contributed by atoms with Crippen molar-refractivity contribution in [3.63, 3.8) is 0 Å². The minimum absolute atomic E-state index is 0.0342. The van der Waals surface area contributed by atoms with Crippen LogP contribution in [0.1, 0.15) is 72.1 Å². The van der Waals surface area contributed by atoms with Crippen molar-refractivity contribution >= 4 is 17.8 Å². The van der Waals surface area contributed by atoms with Gasteiger partial charge in [-0.25, -0.2) is 0 Å². The Bertz CT molecular complexity index is 973. The minimum atomic E-state index is -1.30. The van der Waals surface area contributed by atoms with Gasteiger partial charge in [0.05, 0.1) is 25.2 Å². The second-order valence-corrected chi connectivity index (χ2v) is 11.5. The molecule has 4 aliphatic heterocycles. The molecule has 1 N–H and O–H groups in total. The third-order valence-corrected chi connectivity index (χ3v) is 9.73. The van der Waals surface area contributed by atoms with Crippen LogP contribution in [0.15, 0.2) is 24.3 Å². The number of rotatable bonds is 6. The fraction of sp³-hybridized carbons (Fsp3) is 0.759. The van der Waals surface area contributed by atoms with Gasteiger partial charge >= 0.3 is 5.97 Å². The normalized spacial score (nSPS) is 37.8. The van der Waals surface area contributed by atoms with Crippen LogP contribution in [0, 0.1) is 17.8 Å². The summed E-state index contributed by atoms with van der Waals surface area (Å²) in [4.78, 5) is 46.1. The van der Waals surface area contributed by atoms with E-state index >= 15 is 0 Å². The lowest BCUT2D eigenvalue weighted by Gasteiger charge is -2.43. The maximum absolute atomic E-state index is 14.6. The number of hydrogen-bond donors (Lipinski definition) is 1. The summed E-state index contributed by atoms with van der Waals surface area (Å²) in [6.45, 7) is 6.42. The molecule has 1 saturated carbocycles. The molecule has 0 bridgehead atoms. The van der Waals surface area contributed by atoms with Gasteiger partial charge in [-0.05, 0) is 31.6 Å². The molecule has 0 aromatic rings. The van der Waals surface area contributed by atoms with Gasteiger partial charge < -0.3 is 24.4 Å². The van der Waals surface area contributed by atoms with Crippen molar-refractivity contribution in [3.05, 3.63) is 24.3 Å². The highest BCUT2D eigenvalue weighted by molar-refractivity contribution is 5.99. The van der Waals surface area contributed by atoms with Gasteiger partial charge in [-0.1, -0.05) is 70.8 Å². The maximum Gasteiger partial charge on any atom is 0.313 e. The molecule has 37 heavy (non-hydrogen) atoms. The van der Waals surface area contributed by atoms with Gasteiger partial charge in [0.25, 0.3) is 0 Å². The number of amides is 2. The highest BCUT2D eigenvalue weighted by atomic mass is 16.6. The Balaban J connectivity index is 1.67. The molecule has 0 aromatic heterocycles. The van der Waals surface area contributed by atoms with Crippen LogP contribution in [0.4, 0.5) is 0 Å². The summed E-state index contributed by atoms with van der Waals surface area (Å²) in [5.74, 6) is -2.65. The van der Waals surface area contributed by atoms with E-state index in [1.807, 2.05) is 50.0 Å². The first kappa shape index (κ1) is 26.4. The van der Waals surface area contributed by atoms with E-state index in [4.69, 9.17) is 9.47 Å². The van der Waals surface area contributed by atoms with E-state index in [0.29, 0.717) is 19.4 Å². The van der Waals surface area contributed by atoms with Gasteiger partial charge in [0, 0.05) is 12.6 Å². The Morgan fingerprint density at radius 2 is 1.81 bits per heavy atom. The van der Waals surface area contributed by atoms with Crippen LogP contribution in [0.25, 0.3) is 0 Å². The van der Waals surface area contributed by atoms with E-state index in [9.17, 15) is 19.5 Å². The van der Waals surface area contributed by atoms with E-state index < -0.39 is 41.1 Å². The van der Waals surface area contributed by atoms with Crippen LogP contribution < -0.4 is 0 Å². The number of likely N-dealkylation sites (tertiary alicyclic amines) is 1. The topological polar surface area (TPSA) is 96.4 Å². The Labute approximate surface area is 220 Å². The Kier molecular flexibility index (Phi) is 7.26. The molecule has 2 amide bonds. The molecule has 1 unspecified atom stereocenters. The molecule has 1 spiro atoms. The van der Waals surface area contributed by atoms with Crippen LogP contribution in [-0.4, -0.2) is 81.8 Å². The van der Waals surface area contributed by atoms with Crippen LogP contribution in [-0.2, 0) is 23.9 Å². The maximum atomic E-state index is 14.6. The summed E-state index contributed by atoms with van der Waals surface area (Å²) in [6, 6.07) is -1.36. The number of aliphatic hydroxyl groups is 1. The van der Waals surface area contributed by atoms with Crippen molar-refractivity contribution in [3.8, 4) is 0 Å². The molecule has 3 fully saturated rings. The quantitative estimate of drug-likeness (QED) is 0.433. The Morgan fingerprint density at radius 1 is 1.05 bits per heavy atom. The number of carbonyl (C=O) groups excluding carboxylic acids is 3. The van der Waals surface area contributed by atoms with Crippen LogP contribution in [0.3, 0.4) is 0 Å². The molecule has 5 aliphatic rings. The summed E-state index contributed by atoms with van der Waals surface area (Å²) in [6.07, 6.45) is 14.8. The zero-order valence-electron chi connectivity index (χ0n) is 22.4. The van der Waals surface area contributed by atoms with E-state index in [-0.39, 0.29) is 37.0 Å². The van der Waals surface area contributed by atoms with Gasteiger partial charge in [0.1, 0.15) is 23.2 Å². The molecule has 7 atom stereocenters. The average Bonchev–Trinajstić information content (AvgIpc) is 3.25. The van der Waals surface area contributed by atoms with Crippen molar-refractivity contribution in [2.75, 3.05) is 19.8 Å². The summed E-state index contributed by atoms with van der Waals surface area (Å²) in [5.41, 5.74) is -2.33. The lowest BCUT2D eigenvalue weighted by Crippen LogP contribution is -2.61. The Morgan fingerprint density at radius 3 is 2.49 bits per heavy atom. The molecular weight excluding hydrogens is 472 g/mol. The van der Waals surface area contributed by atoms with Gasteiger partial charge in [0.2, 0.25) is 11.8 Å². The number of cyclic esters (lactones) is 1. The number of hydrogen-bond acceptors (Lipinski definition) is 6. The first-order valence-electron chi connectivity index (χ1n) is 14.3. The van der Waals surface area contributed by atoms with Crippen LogP contribution >= 0.6 is 0 Å². The van der Waals surface area contributed by atoms with Crippen LogP contribution in [0.2, 0.25) is 0 Å². The minimum Gasteiger partial charge on any atom is -0.465 e. The SMILES string of the molecule is CC[C@H](C)[C@H](CO)N1C(=O)[C@@H]2[C@H]3C(=O)OCCC=C[C@@]3(CC)O[C@@]23C=CCN(C2CCCCC2)C(=O)C13. The standard InChI is InChI=1S/C29H42N2O6/c1-4-19(3)21(18-32)31-24-26(34)30(20-12-7-6-8-13-20)16-11-15-29(24)22(25(31)33)23-27(35)36-17-10-9-14-28(23,5-2)37-29/h9,11,14-15,19-24,32H,4-8,10,12-13,16-18H2,1-3H3/t19-,21-,22-,23-,24?,28+,29-/m0/s1. The number of carbonyl (C=O) groups is 3. The van der Waals surface area contributed by atoms with Crippen molar-refractivity contribution in [2.24, 2.45) is 17.8 Å². The van der Waals surface area contributed by atoms with E-state index in [2.05, 4.69) is 0 Å². The number of ether oxygens (including phenoxy) is 2. The molecule has 5 rings (SSSR count). The van der Waals surface area contributed by atoms with E-state index in [0.717, 1.165) is 32.1 Å². The largest absolute Gasteiger partial charge is 0.465 e. The zero-order chi connectivity index (χ0) is 26.4. The first-order chi connectivity index (χ1) is 17.8. The smallest absolute Gasteiger partial charge is 0.313 e. The van der Waals surface area contributed by atoms with Crippen molar-refractivity contribution in [2.45, 2.75) is 101 Å². The molecular formula is C29H42N2O6. The second-order valence-electron chi connectivity index (χ2n) is 11.5. The molecule has 0 radical (unpaired) electrons. The third kappa shape index (κ3) is 3.97. The molecule has 8 nitrogen and oxygen atoms in total. The fourth-order valence-electron chi connectivity index (χ4n) is 7.58. The van der Waals surface area contributed by atoms with Gasteiger partial charge in [-0.15, -0.1) is 0 Å². The van der Waals surface area contributed by atoms with E-state index in [1.54, 1.807) is 4.90 Å². The van der Waals surface area contributed by atoms with Crippen molar-refractivity contribution in [1.29, 1.82) is 0 Å². The monoisotopic (exact) mass is 514 g/mol. The predicted octanol–water partition coefficient (Wildman–Crippen LogP) is 2.99. The van der Waals surface area contributed by atoms with Crippen LogP contribution in [0.5, 0.6) is 0 Å². The van der Waals surface area contributed by atoms with Gasteiger partial charge in [-0.2, -0.15) is 0 Å². The summed E-state index contributed by atoms with van der Waals surface area (Å²) < 4.78 is 12.6. The number of esters is 1. The zero-order valence-corrected chi connectivity index (χ0v) is 22.4. The van der Waals surface area contributed by atoms with E-state index in [1.165, 1.54) is 6.42 Å². The molecule has 0 aromatic carbocycles. The van der Waals surface area contributed by atoms with Crippen molar-refractivity contribution < 1.29 is 29.0 Å². The number of fused-ring (bicyclic) bond motifs is 2. The molecule has 8 heteroatoms. The first-order valence-corrected chi connectivity index (χ1v) is 14.3. The van der Waals surface area contributed by atoms with Crippen molar-refractivity contribution in [1.82, 2.24) is 9.80 Å². The number of nitrogens with zero attached hydrogens (tertiary/aromatic N) is 2. The van der Waals surface area contributed by atoms with Gasteiger partial charge in [-0.3, -0.25) is 14.4 Å². The highest BCUT2D eigenvalue weighted by Gasteiger charge is 2.76. The molecule has 4 heterocycles. The summed E-state index contributed by atoms with van der Waals surface area (Å²) in [7, 11) is 0. The molecule has 2 saturated heterocycles. The fourth-order valence-corrected chi connectivity index (χ4v) is 7.58. The predicted molar refractivity (Wildman–Crippen MR) is 137 cm³/mol. The summed E-state index contributed by atoms with van der Waals surface area (Å²) >= 11 is 0. The number of aliphatic hydroxyl groups excluding tert-OH is 1. The third-order valence-electron chi connectivity index (χ3n) is 9.73. The lowest BCUT2D eigenvalue weighted by molar-refractivity contribution is -0.165. The average molecular weight is 515 g/mol. The highest BCUT2D eigenvalue weighted by Crippen LogP contribution is 2.59. The summed E-state index contributed by atoms with van der Waals surface area (Å²) in [5, 5.41) is 10.5. The lowest BCUT2D eigenvalue weighted by atomic mass is 9.73. The Hall–Kier alpha value is -2.19. The molecule has 1 aliphatic carbocycles. The van der Waals surface area contributed by atoms with Gasteiger partial charge in [0.15, 0.2) is 0 Å².